The first-order valence-electron chi connectivity index (χ1n) is 7.13. The van der Waals surface area contributed by atoms with Crippen LogP contribution in [0.5, 0.6) is 5.75 Å². The first-order chi connectivity index (χ1) is 10.9. The van der Waals surface area contributed by atoms with E-state index >= 15 is 0 Å². The van der Waals surface area contributed by atoms with E-state index in [1.165, 1.54) is 41.3 Å². The van der Waals surface area contributed by atoms with Crippen LogP contribution in [0.3, 0.4) is 0 Å². The van der Waals surface area contributed by atoms with Crippen molar-refractivity contribution in [2.75, 3.05) is 4.90 Å². The van der Waals surface area contributed by atoms with E-state index in [1.807, 2.05) is 0 Å². The first-order valence-corrected chi connectivity index (χ1v) is 7.13. The second-order valence-corrected chi connectivity index (χ2v) is 5.58. The summed E-state index contributed by atoms with van der Waals surface area (Å²) < 4.78 is 13.2. The monoisotopic (exact) mass is 314 g/mol. The van der Waals surface area contributed by atoms with Gasteiger partial charge < -0.3 is 10.8 Å². The number of nitrogens with zero attached hydrogens (tertiary/aromatic N) is 1. The highest BCUT2D eigenvalue weighted by Gasteiger charge is 2.57. The average Bonchev–Trinajstić information content (AvgIpc) is 3.33. The molecule has 1 aliphatic carbocycles. The Labute approximate surface area is 132 Å². The van der Waals surface area contributed by atoms with Crippen LogP contribution in [-0.2, 0) is 9.59 Å². The summed E-state index contributed by atoms with van der Waals surface area (Å²) in [6.45, 7) is 0. The molecule has 0 heterocycles. The Morgan fingerprint density at radius 1 is 1.00 bits per heavy atom. The van der Waals surface area contributed by atoms with Gasteiger partial charge in [-0.2, -0.15) is 0 Å². The average molecular weight is 314 g/mol. The number of carbonyl (C=O) groups excluding carboxylic acids is 2. The maximum Gasteiger partial charge on any atom is 0.247 e. The molecule has 0 bridgehead atoms. The van der Waals surface area contributed by atoms with Gasteiger partial charge in [-0.1, -0.05) is 0 Å². The summed E-state index contributed by atoms with van der Waals surface area (Å²) in [5.74, 6) is -1.48. The number of rotatable bonds is 4. The lowest BCUT2D eigenvalue weighted by molar-refractivity contribution is -0.133. The van der Waals surface area contributed by atoms with Crippen molar-refractivity contribution >= 4 is 23.2 Å². The summed E-state index contributed by atoms with van der Waals surface area (Å²) >= 11 is 0. The van der Waals surface area contributed by atoms with Gasteiger partial charge in [-0.05, 0) is 61.4 Å². The number of hydrogen-bond acceptors (Lipinski definition) is 3. The molecule has 1 fully saturated rings. The van der Waals surface area contributed by atoms with Gasteiger partial charge in [0, 0.05) is 11.4 Å². The van der Waals surface area contributed by atoms with Crippen molar-refractivity contribution in [1.82, 2.24) is 0 Å². The van der Waals surface area contributed by atoms with Crippen molar-refractivity contribution in [1.29, 1.82) is 0 Å². The Kier molecular flexibility index (Phi) is 3.52. The highest BCUT2D eigenvalue weighted by atomic mass is 19.1. The molecule has 6 heteroatoms. The van der Waals surface area contributed by atoms with Gasteiger partial charge in [-0.15, -0.1) is 0 Å². The molecule has 2 aromatic carbocycles. The summed E-state index contributed by atoms with van der Waals surface area (Å²) in [6, 6.07) is 11.3. The van der Waals surface area contributed by atoms with Crippen LogP contribution in [-0.4, -0.2) is 16.9 Å². The number of phenolic OH excluding ortho intramolecular Hbond substituents is 1. The van der Waals surface area contributed by atoms with Gasteiger partial charge in [-0.25, -0.2) is 4.39 Å². The summed E-state index contributed by atoms with van der Waals surface area (Å²) in [4.78, 5) is 25.9. The first kappa shape index (κ1) is 15.0. The molecule has 3 rings (SSSR count). The molecule has 2 aromatic rings. The maximum atomic E-state index is 13.2. The van der Waals surface area contributed by atoms with Gasteiger partial charge in [0.05, 0.1) is 0 Å². The normalized spacial score (nSPS) is 15.0. The molecular weight excluding hydrogens is 299 g/mol. The van der Waals surface area contributed by atoms with E-state index in [4.69, 9.17) is 5.73 Å². The molecule has 0 radical (unpaired) electrons. The zero-order valence-electron chi connectivity index (χ0n) is 12.2. The fourth-order valence-electron chi connectivity index (χ4n) is 2.48. The number of halogens is 1. The van der Waals surface area contributed by atoms with Crippen LogP contribution in [0.15, 0.2) is 48.5 Å². The third kappa shape index (κ3) is 2.63. The van der Waals surface area contributed by atoms with E-state index in [0.717, 1.165) is 0 Å². The molecule has 0 unspecified atom stereocenters. The lowest BCUT2D eigenvalue weighted by Gasteiger charge is -2.26. The minimum Gasteiger partial charge on any atom is -0.508 e. The number of nitrogens with two attached hydrogens (primary N) is 1. The van der Waals surface area contributed by atoms with Crippen LogP contribution in [0.1, 0.15) is 12.8 Å². The zero-order chi connectivity index (χ0) is 16.6. The Hall–Kier alpha value is -2.89. The molecule has 23 heavy (non-hydrogen) atoms. The molecule has 0 atom stereocenters. The van der Waals surface area contributed by atoms with Crippen molar-refractivity contribution < 1.29 is 19.1 Å². The smallest absolute Gasteiger partial charge is 0.247 e. The second-order valence-electron chi connectivity index (χ2n) is 5.58. The highest BCUT2D eigenvalue weighted by Crippen LogP contribution is 2.49. The van der Waals surface area contributed by atoms with Crippen LogP contribution in [0.4, 0.5) is 15.8 Å². The Bertz CT molecular complexity index is 707. The van der Waals surface area contributed by atoms with E-state index in [2.05, 4.69) is 0 Å². The Morgan fingerprint density at radius 3 is 1.91 bits per heavy atom. The summed E-state index contributed by atoms with van der Waals surface area (Å²) in [6.07, 6.45) is 0.799. The largest absolute Gasteiger partial charge is 0.508 e. The quantitative estimate of drug-likeness (QED) is 0.850. The van der Waals surface area contributed by atoms with Gasteiger partial charge in [0.1, 0.15) is 17.0 Å². The number of phenols is 1. The number of hydrogen-bond donors (Lipinski definition) is 2. The predicted octanol–water partition coefficient (Wildman–Crippen LogP) is 2.46. The third-order valence-electron chi connectivity index (χ3n) is 4.03. The molecular formula is C17H15FN2O3. The van der Waals surface area contributed by atoms with Gasteiger partial charge in [0.25, 0.3) is 0 Å². The molecule has 3 N–H and O–H groups in total. The molecule has 1 aliphatic rings. The van der Waals surface area contributed by atoms with Gasteiger partial charge in [-0.3, -0.25) is 14.5 Å². The van der Waals surface area contributed by atoms with Gasteiger partial charge in [0.15, 0.2) is 0 Å². The fraction of sp³-hybridized carbons (Fsp3) is 0.176. The van der Waals surface area contributed by atoms with E-state index in [-0.39, 0.29) is 5.75 Å². The highest BCUT2D eigenvalue weighted by molar-refractivity contribution is 6.16. The lowest BCUT2D eigenvalue weighted by Crippen LogP contribution is -2.41. The van der Waals surface area contributed by atoms with Crippen molar-refractivity contribution in [2.45, 2.75) is 12.8 Å². The van der Waals surface area contributed by atoms with E-state index < -0.39 is 23.0 Å². The third-order valence-corrected chi connectivity index (χ3v) is 4.03. The van der Waals surface area contributed by atoms with Crippen LogP contribution in [0.25, 0.3) is 0 Å². The van der Waals surface area contributed by atoms with E-state index in [9.17, 15) is 19.1 Å². The molecule has 5 nitrogen and oxygen atoms in total. The number of carbonyl (C=O) groups is 2. The predicted molar refractivity (Wildman–Crippen MR) is 82.5 cm³/mol. The number of benzene rings is 2. The Morgan fingerprint density at radius 2 is 1.48 bits per heavy atom. The summed E-state index contributed by atoms with van der Waals surface area (Å²) in [5.41, 5.74) is 5.08. The molecule has 0 aliphatic heterocycles. The Balaban J connectivity index is 2.06. The molecule has 2 amide bonds. The standard InChI is InChI=1S/C17H15FN2O3/c18-11-1-3-12(4-2-11)20(13-5-7-14(21)8-6-13)16(23)17(9-10-17)15(19)22/h1-8,21H,9-10H2,(H2,19,22). The number of amides is 2. The lowest BCUT2D eigenvalue weighted by atomic mass is 10.0. The SMILES string of the molecule is NC(=O)C1(C(=O)N(c2ccc(O)cc2)c2ccc(F)cc2)CC1. The van der Waals surface area contributed by atoms with Crippen LogP contribution < -0.4 is 10.6 Å². The minimum atomic E-state index is -1.20. The van der Waals surface area contributed by atoms with E-state index in [1.54, 1.807) is 12.1 Å². The molecule has 1 saturated carbocycles. The fourth-order valence-corrected chi connectivity index (χ4v) is 2.48. The summed E-state index contributed by atoms with van der Waals surface area (Å²) in [5, 5.41) is 9.42. The van der Waals surface area contributed by atoms with Crippen molar-refractivity contribution in [2.24, 2.45) is 11.1 Å². The number of aromatic hydroxyl groups is 1. The van der Waals surface area contributed by atoms with Gasteiger partial charge >= 0.3 is 0 Å². The minimum absolute atomic E-state index is 0.0521. The second kappa shape index (κ2) is 5.39. The molecule has 0 saturated heterocycles. The van der Waals surface area contributed by atoms with Crippen molar-refractivity contribution in [3.05, 3.63) is 54.3 Å². The molecule has 0 spiro atoms. The van der Waals surface area contributed by atoms with E-state index in [0.29, 0.717) is 24.2 Å². The van der Waals surface area contributed by atoms with Crippen LogP contribution >= 0.6 is 0 Å². The molecule has 118 valence electrons. The maximum absolute atomic E-state index is 13.2. The van der Waals surface area contributed by atoms with Crippen molar-refractivity contribution in [3.8, 4) is 5.75 Å². The topological polar surface area (TPSA) is 83.6 Å². The van der Waals surface area contributed by atoms with Crippen LogP contribution in [0.2, 0.25) is 0 Å². The summed E-state index contributed by atoms with van der Waals surface area (Å²) in [7, 11) is 0. The van der Waals surface area contributed by atoms with Crippen molar-refractivity contribution in [3.63, 3.8) is 0 Å². The molecule has 0 aromatic heterocycles. The zero-order valence-corrected chi connectivity index (χ0v) is 12.2. The van der Waals surface area contributed by atoms with Gasteiger partial charge in [0.2, 0.25) is 11.8 Å². The number of primary amides is 1. The van der Waals surface area contributed by atoms with Crippen LogP contribution in [0, 0.1) is 11.2 Å². The number of anilines is 2.